The summed E-state index contributed by atoms with van der Waals surface area (Å²) in [5.74, 6) is -0.265. The fourth-order valence-corrected chi connectivity index (χ4v) is 4.54. The maximum atomic E-state index is 14.6. The number of nitrogens with zero attached hydrogens (tertiary/aromatic N) is 3. The minimum absolute atomic E-state index is 0.265. The van der Waals surface area contributed by atoms with E-state index in [9.17, 15) is 9.18 Å². The first-order chi connectivity index (χ1) is 17.8. The van der Waals surface area contributed by atoms with Crippen molar-refractivity contribution in [1.29, 1.82) is 0 Å². The summed E-state index contributed by atoms with van der Waals surface area (Å²) >= 11 is 0. The van der Waals surface area contributed by atoms with Crippen LogP contribution in [0.15, 0.2) is 57.7 Å². The quantitative estimate of drug-likeness (QED) is 0.181. The molecule has 0 atom stereocenters. The van der Waals surface area contributed by atoms with Gasteiger partial charge in [-0.1, -0.05) is 0 Å². The Morgan fingerprint density at radius 1 is 1.00 bits per heavy atom. The van der Waals surface area contributed by atoms with Gasteiger partial charge in [-0.25, -0.2) is 9.18 Å². The average Bonchev–Trinajstić information content (AvgIpc) is 2.87. The maximum absolute atomic E-state index is 14.6. The van der Waals surface area contributed by atoms with Crippen molar-refractivity contribution in [2.24, 2.45) is 7.05 Å². The molecule has 0 saturated heterocycles. The third-order valence-electron chi connectivity index (χ3n) is 6.70. The molecule has 0 aliphatic heterocycles. The number of anilines is 2. The van der Waals surface area contributed by atoms with E-state index in [1.54, 1.807) is 12.1 Å². The Kier molecular flexibility index (Phi) is 8.24. The van der Waals surface area contributed by atoms with Crippen LogP contribution in [0.3, 0.4) is 0 Å². The first-order valence-electron chi connectivity index (χ1n) is 12.8. The molecule has 0 amide bonds. The van der Waals surface area contributed by atoms with Crippen molar-refractivity contribution >= 4 is 45.4 Å². The number of fused-ring (bicyclic) bond motifs is 2. The van der Waals surface area contributed by atoms with Gasteiger partial charge in [-0.3, -0.25) is 0 Å². The number of rotatable bonds is 10. The van der Waals surface area contributed by atoms with Crippen LogP contribution < -0.4 is 20.4 Å². The Morgan fingerprint density at radius 3 is 2.49 bits per heavy atom. The lowest BCUT2D eigenvalue weighted by molar-refractivity contribution is -0.646. The summed E-state index contributed by atoms with van der Waals surface area (Å²) in [6, 6.07) is 15.0. The molecule has 2 aromatic heterocycles. The number of aryl methyl sites for hydroxylation is 1. The van der Waals surface area contributed by atoms with E-state index in [4.69, 9.17) is 4.42 Å². The maximum Gasteiger partial charge on any atom is 0.343 e. The van der Waals surface area contributed by atoms with E-state index >= 15 is 0 Å². The molecule has 0 saturated carbocycles. The highest BCUT2D eigenvalue weighted by Crippen LogP contribution is 2.24. The molecule has 0 spiro atoms. The average molecular weight is 504 g/mol. The Bertz CT molecular complexity index is 1490. The Hall–Kier alpha value is -3.71. The summed E-state index contributed by atoms with van der Waals surface area (Å²) in [5, 5.41) is 4.90. The molecule has 4 rings (SSSR count). The summed E-state index contributed by atoms with van der Waals surface area (Å²) in [4.78, 5) is 17.0. The molecule has 4 aromatic rings. The van der Waals surface area contributed by atoms with Gasteiger partial charge in [0.25, 0.3) is 0 Å². The van der Waals surface area contributed by atoms with Crippen LogP contribution in [0.25, 0.3) is 34.0 Å². The molecule has 0 aliphatic carbocycles. The third kappa shape index (κ3) is 6.00. The largest absolute Gasteiger partial charge is 0.422 e. The van der Waals surface area contributed by atoms with Crippen LogP contribution >= 0.6 is 0 Å². The highest BCUT2D eigenvalue weighted by Gasteiger charge is 2.14. The van der Waals surface area contributed by atoms with E-state index in [0.717, 1.165) is 53.7 Å². The topological polar surface area (TPSA) is 52.6 Å². The molecule has 37 heavy (non-hydrogen) atoms. The fraction of sp³-hybridized carbons (Fsp3) is 0.333. The monoisotopic (exact) mass is 503 g/mol. The van der Waals surface area contributed by atoms with Crippen LogP contribution in [0.2, 0.25) is 0 Å². The molecule has 1 N–H and O–H groups in total. The van der Waals surface area contributed by atoms with Crippen LogP contribution in [0.1, 0.15) is 31.5 Å². The minimum atomic E-state index is -0.379. The van der Waals surface area contributed by atoms with Crippen LogP contribution in [0, 0.1) is 5.82 Å². The lowest BCUT2D eigenvalue weighted by atomic mass is 10.1. The number of halogens is 1. The van der Waals surface area contributed by atoms with Gasteiger partial charge in [0.15, 0.2) is 0 Å². The zero-order valence-electron chi connectivity index (χ0n) is 22.3. The van der Waals surface area contributed by atoms with E-state index in [1.165, 1.54) is 0 Å². The predicted octanol–water partition coefficient (Wildman–Crippen LogP) is 5.29. The fourth-order valence-electron chi connectivity index (χ4n) is 4.54. The van der Waals surface area contributed by atoms with Gasteiger partial charge in [0.05, 0.1) is 11.3 Å². The number of hydrogen-bond acceptors (Lipinski definition) is 5. The summed E-state index contributed by atoms with van der Waals surface area (Å²) in [7, 11) is 5.99. The highest BCUT2D eigenvalue weighted by molar-refractivity contribution is 5.84. The van der Waals surface area contributed by atoms with Crippen molar-refractivity contribution in [2.75, 3.05) is 50.5 Å². The van der Waals surface area contributed by atoms with Gasteiger partial charge in [0.1, 0.15) is 18.4 Å². The summed E-state index contributed by atoms with van der Waals surface area (Å²) < 4.78 is 22.3. The second kappa shape index (κ2) is 11.6. The molecular formula is C30H36FN4O2+. The van der Waals surface area contributed by atoms with Gasteiger partial charge in [0.2, 0.25) is 11.2 Å². The van der Waals surface area contributed by atoms with Crippen molar-refractivity contribution in [1.82, 2.24) is 4.90 Å². The van der Waals surface area contributed by atoms with Crippen LogP contribution in [-0.2, 0) is 7.05 Å². The van der Waals surface area contributed by atoms with Gasteiger partial charge >= 0.3 is 5.63 Å². The summed E-state index contributed by atoms with van der Waals surface area (Å²) in [6.45, 7) is 7.60. The van der Waals surface area contributed by atoms with Gasteiger partial charge in [-0.2, -0.15) is 4.57 Å². The van der Waals surface area contributed by atoms with E-state index in [0.29, 0.717) is 23.4 Å². The highest BCUT2D eigenvalue weighted by atomic mass is 19.1. The van der Waals surface area contributed by atoms with Crippen molar-refractivity contribution in [3.05, 3.63) is 76.0 Å². The van der Waals surface area contributed by atoms with Crippen molar-refractivity contribution in [3.8, 4) is 0 Å². The zero-order chi connectivity index (χ0) is 26.5. The second-order valence-corrected chi connectivity index (χ2v) is 9.51. The smallest absolute Gasteiger partial charge is 0.343 e. The molecule has 0 aliphatic rings. The Morgan fingerprint density at radius 2 is 1.76 bits per heavy atom. The molecule has 6 nitrogen and oxygen atoms in total. The van der Waals surface area contributed by atoms with Crippen LogP contribution in [-0.4, -0.2) is 45.2 Å². The molecule has 2 aromatic carbocycles. The first-order valence-corrected chi connectivity index (χ1v) is 12.8. The van der Waals surface area contributed by atoms with E-state index in [-0.39, 0.29) is 11.4 Å². The molecule has 0 bridgehead atoms. The number of aromatic nitrogens is 1. The normalized spacial score (nSPS) is 11.8. The number of nitrogens with one attached hydrogen (secondary N) is 1. The molecule has 0 fully saturated rings. The van der Waals surface area contributed by atoms with E-state index in [2.05, 4.69) is 35.0 Å². The lowest BCUT2D eigenvalue weighted by Crippen LogP contribution is -2.32. The van der Waals surface area contributed by atoms with E-state index < -0.39 is 0 Å². The van der Waals surface area contributed by atoms with Gasteiger partial charge < -0.3 is 19.5 Å². The molecule has 7 heteroatoms. The van der Waals surface area contributed by atoms with E-state index in [1.807, 2.05) is 68.2 Å². The van der Waals surface area contributed by atoms with Gasteiger partial charge in [0, 0.05) is 60.4 Å². The van der Waals surface area contributed by atoms with Crippen molar-refractivity contribution in [3.63, 3.8) is 0 Å². The number of hydrogen-bond donors (Lipinski definition) is 1. The molecule has 2 heterocycles. The van der Waals surface area contributed by atoms with Crippen molar-refractivity contribution < 1.29 is 13.4 Å². The minimum Gasteiger partial charge on any atom is -0.422 e. The SMILES string of the molecule is CCN(CC)c1ccc2cc(/C=C/c3ccc4cc(F)c(NCCCN(C)C)cc4[n+]3C)c(=O)oc2c1. The van der Waals surface area contributed by atoms with Gasteiger partial charge in [-0.15, -0.1) is 0 Å². The summed E-state index contributed by atoms with van der Waals surface area (Å²) in [6.07, 6.45) is 4.58. The zero-order valence-corrected chi connectivity index (χ0v) is 22.3. The summed E-state index contributed by atoms with van der Waals surface area (Å²) in [5.41, 5.74) is 3.98. The molecular weight excluding hydrogens is 467 g/mol. The Balaban J connectivity index is 1.61. The van der Waals surface area contributed by atoms with Crippen molar-refractivity contribution in [2.45, 2.75) is 20.3 Å². The third-order valence-corrected chi connectivity index (χ3v) is 6.70. The van der Waals surface area contributed by atoms with Crippen LogP contribution in [0.5, 0.6) is 0 Å². The standard InChI is InChI=1S/C30H35FN4O2/c1-6-35(7-2)25-14-10-22-17-23(30(36)37-29(22)19-25)11-13-24-12-9-21-18-26(31)27(20-28(21)34(24)5)32-15-8-16-33(3)4/h9-14,17-20H,6-8,15-16H2,1-5H3/p+1/b13-11+. The number of benzene rings is 2. The van der Waals surface area contributed by atoms with Gasteiger partial charge in [-0.05, 0) is 77.3 Å². The molecule has 0 radical (unpaired) electrons. The number of pyridine rings is 1. The molecule has 0 unspecified atom stereocenters. The second-order valence-electron chi connectivity index (χ2n) is 9.51. The Labute approximate surface area is 217 Å². The predicted molar refractivity (Wildman–Crippen MR) is 152 cm³/mol. The lowest BCUT2D eigenvalue weighted by Gasteiger charge is -2.20. The van der Waals surface area contributed by atoms with Crippen LogP contribution in [0.4, 0.5) is 15.8 Å². The first kappa shape index (κ1) is 26.4. The molecule has 194 valence electrons.